The summed E-state index contributed by atoms with van der Waals surface area (Å²) in [6.45, 7) is 1.27. The molecule has 0 unspecified atom stereocenters. The minimum absolute atomic E-state index is 0.0432. The van der Waals surface area contributed by atoms with E-state index >= 15 is 0 Å². The van der Waals surface area contributed by atoms with Gasteiger partial charge in [0.1, 0.15) is 0 Å². The van der Waals surface area contributed by atoms with E-state index in [0.717, 1.165) is 13.0 Å². The van der Waals surface area contributed by atoms with Crippen molar-refractivity contribution >= 4 is 23.5 Å². The van der Waals surface area contributed by atoms with E-state index in [9.17, 15) is 13.2 Å². The van der Waals surface area contributed by atoms with E-state index in [1.807, 2.05) is 11.8 Å². The number of nitrogens with one attached hydrogen (secondary N) is 1. The highest BCUT2D eigenvalue weighted by molar-refractivity contribution is 8.00. The number of halogens is 3. The maximum absolute atomic E-state index is 11.7. The zero-order chi connectivity index (χ0) is 12.3. The molecule has 0 atom stereocenters. The molecule has 0 bridgehead atoms. The van der Waals surface area contributed by atoms with Crippen LogP contribution in [-0.4, -0.2) is 36.4 Å². The Hall–Kier alpha value is 0.450. The average molecular weight is 275 g/mol. The third-order valence-corrected chi connectivity index (χ3v) is 3.43. The van der Waals surface area contributed by atoms with Crippen LogP contribution in [0.4, 0.5) is 13.2 Å². The summed E-state index contributed by atoms with van der Waals surface area (Å²) in [4.78, 5) is 0. The number of hydrogen-bond acceptors (Lipinski definition) is 3. The van der Waals surface area contributed by atoms with Gasteiger partial charge in [0.15, 0.2) is 0 Å². The highest BCUT2D eigenvalue weighted by Gasteiger charge is 2.27. The number of thioether (sulfide) groups is 2. The predicted octanol–water partition coefficient (Wildman–Crippen LogP) is 3.75. The Bertz CT molecular complexity index is 153. The SMILES string of the molecule is CSCCCCCCNCCSC(F)(F)F. The van der Waals surface area contributed by atoms with Crippen LogP contribution in [-0.2, 0) is 0 Å². The van der Waals surface area contributed by atoms with Gasteiger partial charge in [-0.1, -0.05) is 12.8 Å². The van der Waals surface area contributed by atoms with Gasteiger partial charge in [-0.2, -0.15) is 24.9 Å². The van der Waals surface area contributed by atoms with Crippen molar-refractivity contribution in [3.63, 3.8) is 0 Å². The second-order valence-corrected chi connectivity index (χ2v) is 5.60. The number of hydrogen-bond donors (Lipinski definition) is 1. The molecular weight excluding hydrogens is 255 g/mol. The first kappa shape index (κ1) is 16.4. The molecule has 0 spiro atoms. The second-order valence-electron chi connectivity index (χ2n) is 3.45. The van der Waals surface area contributed by atoms with Crippen molar-refractivity contribution < 1.29 is 13.2 Å². The van der Waals surface area contributed by atoms with Gasteiger partial charge in [-0.3, -0.25) is 0 Å². The Morgan fingerprint density at radius 2 is 1.62 bits per heavy atom. The molecule has 0 radical (unpaired) electrons. The maximum Gasteiger partial charge on any atom is 0.441 e. The molecule has 0 aromatic carbocycles. The van der Waals surface area contributed by atoms with E-state index in [1.54, 1.807) is 0 Å². The van der Waals surface area contributed by atoms with Crippen LogP contribution in [0, 0.1) is 0 Å². The van der Waals surface area contributed by atoms with Gasteiger partial charge in [0.25, 0.3) is 0 Å². The summed E-state index contributed by atoms with van der Waals surface area (Å²) in [5.41, 5.74) is -4.08. The van der Waals surface area contributed by atoms with Crippen molar-refractivity contribution in [3.8, 4) is 0 Å². The van der Waals surface area contributed by atoms with Gasteiger partial charge in [0.2, 0.25) is 0 Å². The minimum Gasteiger partial charge on any atom is -0.316 e. The van der Waals surface area contributed by atoms with Gasteiger partial charge in [-0.15, -0.1) is 0 Å². The smallest absolute Gasteiger partial charge is 0.316 e. The first-order valence-electron chi connectivity index (χ1n) is 5.46. The molecule has 98 valence electrons. The molecule has 6 heteroatoms. The van der Waals surface area contributed by atoms with Crippen LogP contribution in [0.1, 0.15) is 25.7 Å². The fourth-order valence-electron chi connectivity index (χ4n) is 1.21. The Morgan fingerprint density at radius 1 is 0.938 bits per heavy atom. The monoisotopic (exact) mass is 275 g/mol. The van der Waals surface area contributed by atoms with Crippen molar-refractivity contribution in [2.75, 3.05) is 30.9 Å². The maximum atomic E-state index is 11.7. The summed E-state index contributed by atoms with van der Waals surface area (Å²) >= 11 is 1.90. The van der Waals surface area contributed by atoms with Crippen molar-refractivity contribution in [2.24, 2.45) is 0 Å². The Labute approximate surface area is 104 Å². The molecule has 0 heterocycles. The zero-order valence-electron chi connectivity index (χ0n) is 9.61. The second kappa shape index (κ2) is 10.6. The molecule has 0 aromatic heterocycles. The molecule has 1 N–H and O–H groups in total. The number of alkyl halides is 3. The summed E-state index contributed by atoms with van der Waals surface area (Å²) in [7, 11) is 0. The number of unbranched alkanes of at least 4 members (excludes halogenated alkanes) is 3. The normalized spacial score (nSPS) is 12.0. The van der Waals surface area contributed by atoms with Gasteiger partial charge >= 0.3 is 5.51 Å². The largest absolute Gasteiger partial charge is 0.441 e. The summed E-state index contributed by atoms with van der Waals surface area (Å²) in [5.74, 6) is 1.31. The standard InChI is InChI=1S/C10H20F3NS2/c1-15-8-5-3-2-4-6-14-7-9-16-10(11,12)13/h14H,2-9H2,1H3. The van der Waals surface area contributed by atoms with Crippen molar-refractivity contribution in [3.05, 3.63) is 0 Å². The van der Waals surface area contributed by atoms with Crippen molar-refractivity contribution in [1.29, 1.82) is 0 Å². The fourth-order valence-corrected chi connectivity index (χ4v) is 2.18. The molecule has 0 saturated carbocycles. The van der Waals surface area contributed by atoms with Gasteiger partial charge in [-0.05, 0) is 43.2 Å². The van der Waals surface area contributed by atoms with Gasteiger partial charge in [0.05, 0.1) is 0 Å². The van der Waals surface area contributed by atoms with E-state index in [1.165, 1.54) is 25.0 Å². The lowest BCUT2D eigenvalue weighted by Gasteiger charge is -2.06. The summed E-state index contributed by atoms with van der Waals surface area (Å²) in [5, 5.41) is 3.02. The molecule has 0 aliphatic heterocycles. The van der Waals surface area contributed by atoms with E-state index in [2.05, 4.69) is 11.6 Å². The van der Waals surface area contributed by atoms with E-state index in [0.29, 0.717) is 6.54 Å². The molecular formula is C10H20F3NS2. The summed E-state index contributed by atoms with van der Waals surface area (Å²) in [6.07, 6.45) is 6.79. The topological polar surface area (TPSA) is 12.0 Å². The van der Waals surface area contributed by atoms with Gasteiger partial charge in [-0.25, -0.2) is 0 Å². The molecule has 0 aliphatic carbocycles. The lowest BCUT2D eigenvalue weighted by Crippen LogP contribution is -2.19. The third-order valence-electron chi connectivity index (χ3n) is 2.00. The Kier molecular flexibility index (Phi) is 10.9. The Morgan fingerprint density at radius 3 is 2.25 bits per heavy atom. The molecule has 0 aliphatic rings. The fraction of sp³-hybridized carbons (Fsp3) is 1.00. The predicted molar refractivity (Wildman–Crippen MR) is 68.2 cm³/mol. The van der Waals surface area contributed by atoms with Crippen molar-refractivity contribution in [2.45, 2.75) is 31.2 Å². The molecule has 0 aromatic rings. The van der Waals surface area contributed by atoms with Crippen molar-refractivity contribution in [1.82, 2.24) is 5.32 Å². The molecule has 0 fully saturated rings. The van der Waals surface area contributed by atoms with E-state index < -0.39 is 5.51 Å². The zero-order valence-corrected chi connectivity index (χ0v) is 11.2. The molecule has 0 saturated heterocycles. The Balaban J connectivity index is 2.99. The van der Waals surface area contributed by atoms with Crippen LogP contribution in [0.15, 0.2) is 0 Å². The highest BCUT2D eigenvalue weighted by atomic mass is 32.2. The third kappa shape index (κ3) is 14.5. The summed E-state index contributed by atoms with van der Waals surface area (Å²) < 4.78 is 35.2. The first-order valence-corrected chi connectivity index (χ1v) is 7.84. The lowest BCUT2D eigenvalue weighted by molar-refractivity contribution is -0.0327. The van der Waals surface area contributed by atoms with Crippen LogP contribution in [0.3, 0.4) is 0 Å². The molecule has 16 heavy (non-hydrogen) atoms. The quantitative estimate of drug-likeness (QED) is 0.610. The van der Waals surface area contributed by atoms with E-state index in [-0.39, 0.29) is 17.5 Å². The first-order chi connectivity index (χ1) is 7.56. The van der Waals surface area contributed by atoms with Crippen LogP contribution >= 0.6 is 23.5 Å². The van der Waals surface area contributed by atoms with E-state index in [4.69, 9.17) is 0 Å². The molecule has 0 rings (SSSR count). The highest BCUT2D eigenvalue weighted by Crippen LogP contribution is 2.29. The van der Waals surface area contributed by atoms with Crippen LogP contribution in [0.25, 0.3) is 0 Å². The van der Waals surface area contributed by atoms with Gasteiger partial charge in [0, 0.05) is 12.3 Å². The number of rotatable bonds is 10. The average Bonchev–Trinajstić information content (AvgIpc) is 2.19. The molecule has 0 amide bonds. The summed E-state index contributed by atoms with van der Waals surface area (Å²) in [6, 6.07) is 0. The minimum atomic E-state index is -4.08. The van der Waals surface area contributed by atoms with Gasteiger partial charge < -0.3 is 5.32 Å². The lowest BCUT2D eigenvalue weighted by atomic mass is 10.2. The van der Waals surface area contributed by atoms with Crippen LogP contribution in [0.2, 0.25) is 0 Å². The van der Waals surface area contributed by atoms with Crippen LogP contribution in [0.5, 0.6) is 0 Å². The van der Waals surface area contributed by atoms with Crippen LogP contribution < -0.4 is 5.32 Å². The molecule has 1 nitrogen and oxygen atoms in total.